The molecule has 3 rings (SSSR count). The van der Waals surface area contributed by atoms with Gasteiger partial charge in [0.1, 0.15) is 5.82 Å². The van der Waals surface area contributed by atoms with Gasteiger partial charge in [0.05, 0.1) is 5.02 Å². The highest BCUT2D eigenvalue weighted by Crippen LogP contribution is 2.24. The fourth-order valence-electron chi connectivity index (χ4n) is 3.10. The summed E-state index contributed by atoms with van der Waals surface area (Å²) in [4.78, 5) is 17.8. The number of pyridine rings is 1. The minimum atomic E-state index is -0.604. The molecule has 0 aliphatic carbocycles. The molecule has 3 N–H and O–H groups in total. The van der Waals surface area contributed by atoms with Crippen LogP contribution in [0.15, 0.2) is 42.6 Å². The number of anilines is 1. The van der Waals surface area contributed by atoms with E-state index < -0.39 is 5.91 Å². The number of hydroxylamine groups is 1. The van der Waals surface area contributed by atoms with Crippen LogP contribution in [0.1, 0.15) is 23.1 Å². The summed E-state index contributed by atoms with van der Waals surface area (Å²) in [6, 6.07) is 10.7. The Morgan fingerprint density at radius 1 is 1.34 bits per heavy atom. The average Bonchev–Trinajstić information content (AvgIpc) is 3.10. The Kier molecular flexibility index (Phi) is 10.4. The number of nitrogens with zero attached hydrogens (tertiary/aromatic N) is 2. The molecule has 0 unspecified atom stereocenters. The zero-order valence-electron chi connectivity index (χ0n) is 16.0. The average molecular weight is 460 g/mol. The molecule has 1 saturated heterocycles. The van der Waals surface area contributed by atoms with Gasteiger partial charge in [-0.1, -0.05) is 41.4 Å². The molecule has 0 saturated carbocycles. The number of carbonyl (C=O) groups is 1. The molecule has 1 atom stereocenters. The van der Waals surface area contributed by atoms with Crippen molar-refractivity contribution in [2.24, 2.45) is 0 Å². The minimum absolute atomic E-state index is 0. The standard InChI is InChI=1S/C20H23ClN4O2.2ClH/c1-14-2-4-15(5-3-14)12-25-9-8-17(13-25)23-20-18(21)10-16(11-22-20)6-7-19(26)24-27;;/h2-7,10-11,17,27H,8-9,12-13H2,1H3,(H,22,23)(H,24,26);2*1H/b7-6+;;/t17-;;/m1../s1. The highest BCUT2D eigenvalue weighted by Gasteiger charge is 2.23. The lowest BCUT2D eigenvalue weighted by molar-refractivity contribution is -0.124. The molecule has 1 aliphatic rings. The first-order chi connectivity index (χ1) is 13.0. The van der Waals surface area contributed by atoms with E-state index in [2.05, 4.69) is 46.4 Å². The van der Waals surface area contributed by atoms with Crippen LogP contribution in [0.2, 0.25) is 5.02 Å². The maximum atomic E-state index is 11.0. The van der Waals surface area contributed by atoms with E-state index in [9.17, 15) is 4.79 Å². The molecule has 0 spiro atoms. The van der Waals surface area contributed by atoms with Crippen molar-refractivity contribution < 1.29 is 10.0 Å². The summed E-state index contributed by atoms with van der Waals surface area (Å²) in [5.74, 6) is 0.0376. The van der Waals surface area contributed by atoms with Gasteiger partial charge in [-0.3, -0.25) is 14.9 Å². The Balaban J connectivity index is 0.00000210. The SMILES string of the molecule is Cc1ccc(CN2CC[C@@H](Nc3ncc(/C=C/C(=O)NO)cc3Cl)C2)cc1.Cl.Cl. The summed E-state index contributed by atoms with van der Waals surface area (Å²) in [5.41, 5.74) is 4.81. The third kappa shape index (κ3) is 7.49. The molecule has 158 valence electrons. The molecule has 29 heavy (non-hydrogen) atoms. The van der Waals surface area contributed by atoms with Gasteiger partial charge < -0.3 is 5.32 Å². The zero-order chi connectivity index (χ0) is 19.2. The number of aryl methyl sites for hydroxylation is 1. The smallest absolute Gasteiger partial charge is 0.267 e. The summed E-state index contributed by atoms with van der Waals surface area (Å²) in [7, 11) is 0. The number of aromatic nitrogens is 1. The lowest BCUT2D eigenvalue weighted by Crippen LogP contribution is -2.26. The van der Waals surface area contributed by atoms with E-state index in [1.165, 1.54) is 28.8 Å². The number of likely N-dealkylation sites (tertiary alicyclic amines) is 1. The number of carbonyl (C=O) groups excluding carboxylic acids is 1. The van der Waals surface area contributed by atoms with Crippen LogP contribution in [-0.4, -0.2) is 40.1 Å². The fourth-order valence-corrected chi connectivity index (χ4v) is 3.33. The van der Waals surface area contributed by atoms with Crippen LogP contribution in [0.4, 0.5) is 5.82 Å². The third-order valence-electron chi connectivity index (χ3n) is 4.54. The highest BCUT2D eigenvalue weighted by atomic mass is 35.5. The van der Waals surface area contributed by atoms with Crippen LogP contribution >= 0.6 is 36.4 Å². The van der Waals surface area contributed by atoms with E-state index >= 15 is 0 Å². The lowest BCUT2D eigenvalue weighted by Gasteiger charge is -2.18. The van der Waals surface area contributed by atoms with Crippen LogP contribution in [0.25, 0.3) is 6.08 Å². The van der Waals surface area contributed by atoms with Gasteiger partial charge in [0.25, 0.3) is 5.91 Å². The van der Waals surface area contributed by atoms with Gasteiger partial charge >= 0.3 is 0 Å². The van der Waals surface area contributed by atoms with Crippen molar-refractivity contribution in [3.8, 4) is 0 Å². The molecule has 1 aliphatic heterocycles. The van der Waals surface area contributed by atoms with Crippen molar-refractivity contribution in [1.29, 1.82) is 0 Å². The van der Waals surface area contributed by atoms with E-state index in [4.69, 9.17) is 16.8 Å². The number of nitrogens with one attached hydrogen (secondary N) is 2. The van der Waals surface area contributed by atoms with Crippen LogP contribution in [0.5, 0.6) is 0 Å². The summed E-state index contributed by atoms with van der Waals surface area (Å²) in [6.07, 6.45) is 5.41. The van der Waals surface area contributed by atoms with Crippen molar-refractivity contribution in [2.45, 2.75) is 25.9 Å². The van der Waals surface area contributed by atoms with Gasteiger partial charge in [-0.15, -0.1) is 24.8 Å². The molecule has 6 nitrogen and oxygen atoms in total. The summed E-state index contributed by atoms with van der Waals surface area (Å²) >= 11 is 6.32. The van der Waals surface area contributed by atoms with Gasteiger partial charge in [-0.05, 0) is 36.6 Å². The number of benzene rings is 1. The number of hydrogen-bond acceptors (Lipinski definition) is 5. The number of amides is 1. The van der Waals surface area contributed by atoms with Crippen LogP contribution in [-0.2, 0) is 11.3 Å². The topological polar surface area (TPSA) is 77.5 Å². The van der Waals surface area contributed by atoms with Crippen molar-refractivity contribution in [1.82, 2.24) is 15.4 Å². The monoisotopic (exact) mass is 458 g/mol. The van der Waals surface area contributed by atoms with Gasteiger partial charge in [0.2, 0.25) is 0 Å². The Bertz CT molecular complexity index is 831. The van der Waals surface area contributed by atoms with E-state index in [0.29, 0.717) is 22.4 Å². The van der Waals surface area contributed by atoms with Gasteiger partial charge in [0, 0.05) is 37.9 Å². The summed E-state index contributed by atoms with van der Waals surface area (Å²) in [6.45, 7) is 5.00. The first-order valence-electron chi connectivity index (χ1n) is 8.85. The quantitative estimate of drug-likeness (QED) is 0.344. The zero-order valence-corrected chi connectivity index (χ0v) is 18.4. The van der Waals surface area contributed by atoms with Gasteiger partial charge in [-0.2, -0.15) is 0 Å². The largest absolute Gasteiger partial charge is 0.365 e. The Morgan fingerprint density at radius 3 is 2.72 bits per heavy atom. The second-order valence-corrected chi connectivity index (χ2v) is 7.17. The molecule has 1 amide bonds. The highest BCUT2D eigenvalue weighted by molar-refractivity contribution is 6.33. The van der Waals surface area contributed by atoms with E-state index in [0.717, 1.165) is 26.1 Å². The molecule has 1 aromatic heterocycles. The minimum Gasteiger partial charge on any atom is -0.365 e. The van der Waals surface area contributed by atoms with E-state index in [1.54, 1.807) is 12.3 Å². The number of hydrogen-bond donors (Lipinski definition) is 3. The fraction of sp³-hybridized carbons (Fsp3) is 0.300. The lowest BCUT2D eigenvalue weighted by atomic mass is 10.1. The second kappa shape index (κ2) is 12.0. The molecular formula is C20H25Cl3N4O2. The number of rotatable bonds is 6. The Morgan fingerprint density at radius 2 is 2.07 bits per heavy atom. The predicted octanol–water partition coefficient (Wildman–Crippen LogP) is 4.09. The Hall–Kier alpha value is -1.83. The predicted molar refractivity (Wildman–Crippen MR) is 121 cm³/mol. The molecule has 2 heterocycles. The molecule has 9 heteroatoms. The Labute approximate surface area is 188 Å². The molecule has 0 radical (unpaired) electrons. The van der Waals surface area contributed by atoms with Crippen molar-refractivity contribution >= 4 is 54.2 Å². The van der Waals surface area contributed by atoms with Crippen LogP contribution in [0, 0.1) is 6.92 Å². The van der Waals surface area contributed by atoms with Crippen molar-refractivity contribution in [3.05, 3.63) is 64.3 Å². The van der Waals surface area contributed by atoms with Crippen LogP contribution < -0.4 is 10.8 Å². The molecule has 1 aromatic carbocycles. The van der Waals surface area contributed by atoms with E-state index in [-0.39, 0.29) is 24.8 Å². The third-order valence-corrected chi connectivity index (χ3v) is 4.83. The van der Waals surface area contributed by atoms with Crippen molar-refractivity contribution in [2.75, 3.05) is 18.4 Å². The van der Waals surface area contributed by atoms with Gasteiger partial charge in [-0.25, -0.2) is 10.5 Å². The summed E-state index contributed by atoms with van der Waals surface area (Å²) < 4.78 is 0. The first kappa shape index (κ1) is 25.2. The summed E-state index contributed by atoms with van der Waals surface area (Å²) in [5, 5.41) is 12.4. The molecule has 0 bridgehead atoms. The van der Waals surface area contributed by atoms with E-state index in [1.807, 2.05) is 0 Å². The normalized spacial score (nSPS) is 16.2. The number of halogens is 3. The van der Waals surface area contributed by atoms with Gasteiger partial charge in [0.15, 0.2) is 0 Å². The molecule has 2 aromatic rings. The van der Waals surface area contributed by atoms with Crippen molar-refractivity contribution in [3.63, 3.8) is 0 Å². The molecular weight excluding hydrogens is 435 g/mol. The molecule has 1 fully saturated rings. The second-order valence-electron chi connectivity index (χ2n) is 6.76. The van der Waals surface area contributed by atoms with Crippen LogP contribution in [0.3, 0.4) is 0 Å². The first-order valence-corrected chi connectivity index (χ1v) is 9.23. The maximum absolute atomic E-state index is 11.0. The maximum Gasteiger partial charge on any atom is 0.267 e.